The van der Waals surface area contributed by atoms with Gasteiger partial charge in [0.15, 0.2) is 0 Å². The van der Waals surface area contributed by atoms with Crippen molar-refractivity contribution >= 4 is 32.8 Å². The molecule has 3 aromatic rings. The highest BCUT2D eigenvalue weighted by atomic mass is 79.9. The second kappa shape index (κ2) is 5.13. The first-order chi connectivity index (χ1) is 9.63. The van der Waals surface area contributed by atoms with Crippen LogP contribution in [-0.4, -0.2) is 15.6 Å². The number of carboxylic acids is 1. The second-order valence-corrected chi connectivity index (χ2v) is 5.57. The predicted octanol–water partition coefficient (Wildman–Crippen LogP) is 4.15. The smallest absolute Gasteiger partial charge is 0.335 e. The van der Waals surface area contributed by atoms with E-state index >= 15 is 0 Å². The lowest BCUT2D eigenvalue weighted by Gasteiger charge is -2.07. The number of aromatic nitrogens is 1. The highest BCUT2D eigenvalue weighted by Gasteiger charge is 2.07. The van der Waals surface area contributed by atoms with Gasteiger partial charge in [-0.2, -0.15) is 0 Å². The van der Waals surface area contributed by atoms with E-state index in [2.05, 4.69) is 32.6 Å². The molecule has 100 valence electrons. The summed E-state index contributed by atoms with van der Waals surface area (Å²) in [5, 5.41) is 10.1. The van der Waals surface area contributed by atoms with Crippen LogP contribution in [0.5, 0.6) is 0 Å². The molecule has 0 saturated carbocycles. The van der Waals surface area contributed by atoms with E-state index in [0.717, 1.165) is 20.9 Å². The van der Waals surface area contributed by atoms with Gasteiger partial charge in [0.2, 0.25) is 0 Å². The van der Waals surface area contributed by atoms with Crippen molar-refractivity contribution in [2.45, 2.75) is 6.54 Å². The van der Waals surface area contributed by atoms with E-state index in [4.69, 9.17) is 5.11 Å². The molecule has 1 aromatic heterocycles. The molecule has 0 aliphatic heterocycles. The number of carbonyl (C=O) groups is 1. The Morgan fingerprint density at radius 3 is 2.75 bits per heavy atom. The number of halogens is 1. The van der Waals surface area contributed by atoms with Crippen LogP contribution >= 0.6 is 15.9 Å². The fourth-order valence-corrected chi connectivity index (χ4v) is 2.73. The molecule has 0 saturated heterocycles. The SMILES string of the molecule is O=C(O)c1ccc2ccn(Cc3cccc(Br)c3)c2c1. The Bertz CT molecular complexity index is 792. The van der Waals surface area contributed by atoms with Gasteiger partial charge in [0.1, 0.15) is 0 Å². The van der Waals surface area contributed by atoms with Crippen LogP contribution in [0.25, 0.3) is 10.9 Å². The molecule has 0 amide bonds. The second-order valence-electron chi connectivity index (χ2n) is 4.65. The Kier molecular flexibility index (Phi) is 3.32. The van der Waals surface area contributed by atoms with Crippen LogP contribution in [0.15, 0.2) is 59.2 Å². The van der Waals surface area contributed by atoms with E-state index in [1.54, 1.807) is 12.1 Å². The lowest BCUT2D eigenvalue weighted by atomic mass is 10.1. The number of rotatable bonds is 3. The van der Waals surface area contributed by atoms with Crippen molar-refractivity contribution in [1.29, 1.82) is 0 Å². The standard InChI is InChI=1S/C16H12BrNO2/c17-14-3-1-2-11(8-14)10-18-7-6-12-4-5-13(16(19)20)9-15(12)18/h1-9H,10H2,(H,19,20). The summed E-state index contributed by atoms with van der Waals surface area (Å²) in [5.41, 5.74) is 2.41. The number of carboxylic acid groups (broad SMARTS) is 1. The Morgan fingerprint density at radius 2 is 2.00 bits per heavy atom. The third kappa shape index (κ3) is 2.47. The van der Waals surface area contributed by atoms with Crippen molar-refractivity contribution in [3.63, 3.8) is 0 Å². The van der Waals surface area contributed by atoms with Gasteiger partial charge < -0.3 is 9.67 Å². The number of fused-ring (bicyclic) bond motifs is 1. The van der Waals surface area contributed by atoms with Gasteiger partial charge in [0, 0.05) is 22.7 Å². The first-order valence-corrected chi connectivity index (χ1v) is 6.99. The van der Waals surface area contributed by atoms with Crippen molar-refractivity contribution in [1.82, 2.24) is 4.57 Å². The van der Waals surface area contributed by atoms with E-state index in [-0.39, 0.29) is 0 Å². The van der Waals surface area contributed by atoms with Crippen LogP contribution in [0.3, 0.4) is 0 Å². The minimum Gasteiger partial charge on any atom is -0.478 e. The van der Waals surface area contributed by atoms with Gasteiger partial charge in [-0.3, -0.25) is 0 Å². The van der Waals surface area contributed by atoms with E-state index < -0.39 is 5.97 Å². The fourth-order valence-electron chi connectivity index (χ4n) is 2.29. The molecule has 2 aromatic carbocycles. The normalized spacial score (nSPS) is 10.8. The number of nitrogens with zero attached hydrogens (tertiary/aromatic N) is 1. The van der Waals surface area contributed by atoms with Gasteiger partial charge in [0.05, 0.1) is 5.56 Å². The molecule has 0 bridgehead atoms. The molecule has 3 rings (SSSR count). The van der Waals surface area contributed by atoms with Gasteiger partial charge >= 0.3 is 5.97 Å². The van der Waals surface area contributed by atoms with Crippen molar-refractivity contribution in [3.8, 4) is 0 Å². The molecule has 3 nitrogen and oxygen atoms in total. The summed E-state index contributed by atoms with van der Waals surface area (Å²) >= 11 is 3.46. The Hall–Kier alpha value is -2.07. The zero-order valence-electron chi connectivity index (χ0n) is 10.6. The van der Waals surface area contributed by atoms with Gasteiger partial charge in [-0.15, -0.1) is 0 Å². The average Bonchev–Trinajstić information content (AvgIpc) is 2.81. The Labute approximate surface area is 124 Å². The van der Waals surface area contributed by atoms with Crippen LogP contribution in [0, 0.1) is 0 Å². The minimum absolute atomic E-state index is 0.312. The average molecular weight is 330 g/mol. The highest BCUT2D eigenvalue weighted by molar-refractivity contribution is 9.10. The maximum atomic E-state index is 11.1. The van der Waals surface area contributed by atoms with Gasteiger partial charge in [-0.1, -0.05) is 34.1 Å². The molecule has 0 radical (unpaired) electrons. The lowest BCUT2D eigenvalue weighted by Crippen LogP contribution is -2.00. The number of aromatic carboxylic acids is 1. The molecule has 0 aliphatic rings. The molecular weight excluding hydrogens is 318 g/mol. The fraction of sp³-hybridized carbons (Fsp3) is 0.0625. The summed E-state index contributed by atoms with van der Waals surface area (Å²) in [6, 6.07) is 15.3. The molecule has 20 heavy (non-hydrogen) atoms. The molecule has 0 fully saturated rings. The quantitative estimate of drug-likeness (QED) is 0.784. The molecular formula is C16H12BrNO2. The van der Waals surface area contributed by atoms with E-state index in [9.17, 15) is 4.79 Å². The van der Waals surface area contributed by atoms with Gasteiger partial charge in [-0.25, -0.2) is 4.79 Å². The lowest BCUT2D eigenvalue weighted by molar-refractivity contribution is 0.0697. The van der Waals surface area contributed by atoms with Crippen LogP contribution in [0.2, 0.25) is 0 Å². The van der Waals surface area contributed by atoms with Gasteiger partial charge in [-0.05, 0) is 41.3 Å². The maximum Gasteiger partial charge on any atom is 0.335 e. The van der Waals surface area contributed by atoms with Crippen molar-refractivity contribution < 1.29 is 9.90 Å². The largest absolute Gasteiger partial charge is 0.478 e. The highest BCUT2D eigenvalue weighted by Crippen LogP contribution is 2.20. The third-order valence-electron chi connectivity index (χ3n) is 3.26. The summed E-state index contributed by atoms with van der Waals surface area (Å²) in [4.78, 5) is 11.1. The summed E-state index contributed by atoms with van der Waals surface area (Å²) in [6.07, 6.45) is 1.98. The van der Waals surface area contributed by atoms with E-state index in [0.29, 0.717) is 12.1 Å². The first-order valence-electron chi connectivity index (χ1n) is 6.20. The topological polar surface area (TPSA) is 42.2 Å². The molecule has 0 atom stereocenters. The third-order valence-corrected chi connectivity index (χ3v) is 3.76. The Balaban J connectivity index is 2.03. The van der Waals surface area contributed by atoms with Crippen LogP contribution in [0.4, 0.5) is 0 Å². The predicted molar refractivity (Wildman–Crippen MR) is 82.1 cm³/mol. The van der Waals surface area contributed by atoms with Crippen molar-refractivity contribution in [2.24, 2.45) is 0 Å². The van der Waals surface area contributed by atoms with Crippen LogP contribution in [0.1, 0.15) is 15.9 Å². The Morgan fingerprint density at radius 1 is 1.15 bits per heavy atom. The number of hydrogen-bond acceptors (Lipinski definition) is 1. The van der Waals surface area contributed by atoms with Gasteiger partial charge in [0.25, 0.3) is 0 Å². The van der Waals surface area contributed by atoms with Crippen molar-refractivity contribution in [2.75, 3.05) is 0 Å². The van der Waals surface area contributed by atoms with E-state index in [1.165, 1.54) is 0 Å². The summed E-state index contributed by atoms with van der Waals surface area (Å²) in [6.45, 7) is 0.714. The molecule has 4 heteroatoms. The maximum absolute atomic E-state index is 11.1. The monoisotopic (exact) mass is 329 g/mol. The molecule has 1 N–H and O–H groups in total. The molecule has 1 heterocycles. The zero-order valence-corrected chi connectivity index (χ0v) is 12.2. The molecule has 0 aliphatic carbocycles. The summed E-state index contributed by atoms with van der Waals surface area (Å²) in [7, 11) is 0. The summed E-state index contributed by atoms with van der Waals surface area (Å²) < 4.78 is 3.10. The zero-order chi connectivity index (χ0) is 14.1. The minimum atomic E-state index is -0.901. The van der Waals surface area contributed by atoms with E-state index in [1.807, 2.05) is 30.5 Å². The first kappa shape index (κ1) is 12.9. The molecule has 0 unspecified atom stereocenters. The molecule has 0 spiro atoms. The van der Waals surface area contributed by atoms with Crippen LogP contribution in [-0.2, 0) is 6.54 Å². The van der Waals surface area contributed by atoms with Crippen LogP contribution < -0.4 is 0 Å². The number of hydrogen-bond donors (Lipinski definition) is 1. The number of benzene rings is 2. The summed E-state index contributed by atoms with van der Waals surface area (Å²) in [5.74, 6) is -0.901. The van der Waals surface area contributed by atoms with Crippen molar-refractivity contribution in [3.05, 3.63) is 70.3 Å².